The van der Waals surface area contributed by atoms with E-state index < -0.39 is 48.3 Å². The number of phenols is 2. The van der Waals surface area contributed by atoms with Crippen molar-refractivity contribution in [2.24, 2.45) is 0 Å². The van der Waals surface area contributed by atoms with Crippen LogP contribution in [-0.2, 0) is 4.74 Å². The number of hydrogen-bond acceptors (Lipinski definition) is 11. The van der Waals surface area contributed by atoms with Crippen molar-refractivity contribution < 1.29 is 49.3 Å². The Labute approximate surface area is 192 Å². The lowest BCUT2D eigenvalue weighted by molar-refractivity contribution is -0.231. The average molecular weight is 476 g/mol. The van der Waals surface area contributed by atoms with E-state index in [-0.39, 0.29) is 39.5 Å². The van der Waals surface area contributed by atoms with Crippen molar-refractivity contribution in [3.8, 4) is 34.3 Å². The van der Waals surface area contributed by atoms with Gasteiger partial charge in [0.1, 0.15) is 53.2 Å². The topological polar surface area (TPSA) is 179 Å². The van der Waals surface area contributed by atoms with E-state index in [0.29, 0.717) is 5.56 Å². The Morgan fingerprint density at radius 1 is 0.912 bits per heavy atom. The summed E-state index contributed by atoms with van der Waals surface area (Å²) in [7, 11) is 2.64. The molecule has 11 heteroatoms. The summed E-state index contributed by atoms with van der Waals surface area (Å²) < 4.78 is 22.1. The molecule has 1 fully saturated rings. The van der Waals surface area contributed by atoms with Crippen LogP contribution in [0.15, 0.2) is 39.5 Å². The molecule has 0 bridgehead atoms. The highest BCUT2D eigenvalue weighted by molar-refractivity contribution is 5.89. The molecule has 4 rings (SSSR count). The zero-order chi connectivity index (χ0) is 24.7. The van der Waals surface area contributed by atoms with Crippen LogP contribution in [0.5, 0.6) is 23.0 Å². The van der Waals surface area contributed by atoms with Crippen molar-refractivity contribution in [3.05, 3.63) is 46.1 Å². The van der Waals surface area contributed by atoms with E-state index in [2.05, 4.69) is 0 Å². The summed E-state index contributed by atoms with van der Waals surface area (Å²) in [5, 5.41) is 60.8. The van der Waals surface area contributed by atoms with Crippen LogP contribution >= 0.6 is 0 Å². The van der Waals surface area contributed by atoms with Gasteiger partial charge in [0.15, 0.2) is 22.5 Å². The molecular weight excluding hydrogens is 452 g/mol. The monoisotopic (exact) mass is 476 g/mol. The molecule has 3 aromatic rings. The fourth-order valence-corrected chi connectivity index (χ4v) is 4.06. The number of phenolic OH excluding ortho intramolecular Hbond substituents is 2. The quantitative estimate of drug-likeness (QED) is 0.300. The van der Waals surface area contributed by atoms with Crippen molar-refractivity contribution in [2.45, 2.75) is 30.5 Å². The predicted octanol–water partition coefficient (Wildman–Crippen LogP) is 0.403. The number of ether oxygens (including phenoxy) is 3. The summed E-state index contributed by atoms with van der Waals surface area (Å²) in [6.45, 7) is -0.664. The largest absolute Gasteiger partial charge is 0.507 e. The van der Waals surface area contributed by atoms with Crippen molar-refractivity contribution in [3.63, 3.8) is 0 Å². The molecule has 0 saturated carbocycles. The predicted molar refractivity (Wildman–Crippen MR) is 117 cm³/mol. The molecule has 0 amide bonds. The van der Waals surface area contributed by atoms with Crippen LogP contribution in [0.3, 0.4) is 0 Å². The van der Waals surface area contributed by atoms with Crippen molar-refractivity contribution in [2.75, 3.05) is 20.8 Å². The third-order valence-electron chi connectivity index (χ3n) is 5.84. The summed E-state index contributed by atoms with van der Waals surface area (Å²) in [6, 6.07) is 6.54. The Bertz CT molecular complexity index is 1270. The summed E-state index contributed by atoms with van der Waals surface area (Å²) in [5.41, 5.74) is -0.488. The van der Waals surface area contributed by atoms with Crippen molar-refractivity contribution in [1.29, 1.82) is 0 Å². The number of hydrogen-bond donors (Lipinski definition) is 6. The van der Waals surface area contributed by atoms with Crippen LogP contribution in [-0.4, -0.2) is 75.9 Å². The second-order valence-corrected chi connectivity index (χ2v) is 7.83. The zero-order valence-corrected chi connectivity index (χ0v) is 18.2. The highest BCUT2D eigenvalue weighted by atomic mass is 16.5. The molecule has 1 aliphatic heterocycles. The Kier molecular flexibility index (Phi) is 6.39. The van der Waals surface area contributed by atoms with Crippen LogP contribution in [0.2, 0.25) is 0 Å². The van der Waals surface area contributed by atoms with Crippen LogP contribution < -0.4 is 14.9 Å². The average Bonchev–Trinajstić information content (AvgIpc) is 2.83. The van der Waals surface area contributed by atoms with Gasteiger partial charge in [-0.05, 0) is 18.2 Å². The zero-order valence-electron chi connectivity index (χ0n) is 18.2. The van der Waals surface area contributed by atoms with Crippen LogP contribution in [0, 0.1) is 0 Å². The van der Waals surface area contributed by atoms with E-state index in [1.54, 1.807) is 0 Å². The van der Waals surface area contributed by atoms with Crippen LogP contribution in [0.1, 0.15) is 11.7 Å². The fourth-order valence-electron chi connectivity index (χ4n) is 4.06. The third kappa shape index (κ3) is 3.83. The molecule has 1 aliphatic rings. The summed E-state index contributed by atoms with van der Waals surface area (Å²) in [6.07, 6.45) is -7.62. The number of aromatic hydroxyl groups is 2. The maximum absolute atomic E-state index is 13.0. The maximum atomic E-state index is 13.0. The summed E-state index contributed by atoms with van der Waals surface area (Å²) in [5.74, 6) is -0.449. The fraction of sp³-hybridized carbons (Fsp3) is 0.348. The number of fused-ring (bicyclic) bond motifs is 1. The molecule has 1 aromatic heterocycles. The lowest BCUT2D eigenvalue weighted by Gasteiger charge is -2.40. The minimum atomic E-state index is -1.69. The molecule has 5 unspecified atom stereocenters. The maximum Gasteiger partial charge on any atom is 0.197 e. The van der Waals surface area contributed by atoms with E-state index >= 15 is 0 Å². The minimum Gasteiger partial charge on any atom is -0.507 e. The number of methoxy groups -OCH3 is 2. The van der Waals surface area contributed by atoms with E-state index in [4.69, 9.17) is 18.6 Å². The first-order chi connectivity index (χ1) is 16.2. The summed E-state index contributed by atoms with van der Waals surface area (Å²) in [4.78, 5) is 13.0. The van der Waals surface area contributed by atoms with Gasteiger partial charge in [0.05, 0.1) is 26.4 Å². The second-order valence-electron chi connectivity index (χ2n) is 7.83. The third-order valence-corrected chi connectivity index (χ3v) is 5.84. The summed E-state index contributed by atoms with van der Waals surface area (Å²) >= 11 is 0. The minimum absolute atomic E-state index is 0.0168. The molecule has 6 N–H and O–H groups in total. The van der Waals surface area contributed by atoms with Gasteiger partial charge < -0.3 is 49.3 Å². The van der Waals surface area contributed by atoms with E-state index in [1.807, 2.05) is 0 Å². The van der Waals surface area contributed by atoms with Gasteiger partial charge in [0.25, 0.3) is 0 Å². The molecule has 182 valence electrons. The second kappa shape index (κ2) is 9.12. The van der Waals surface area contributed by atoms with Gasteiger partial charge in [0.2, 0.25) is 0 Å². The van der Waals surface area contributed by atoms with E-state index in [1.165, 1.54) is 32.4 Å². The Balaban J connectivity index is 1.99. The van der Waals surface area contributed by atoms with E-state index in [9.17, 15) is 35.4 Å². The normalized spacial score (nSPS) is 24.8. The number of aliphatic hydroxyl groups is 4. The smallest absolute Gasteiger partial charge is 0.197 e. The van der Waals surface area contributed by atoms with Crippen LogP contribution in [0.4, 0.5) is 0 Å². The number of rotatable bonds is 5. The van der Waals surface area contributed by atoms with Gasteiger partial charge in [-0.15, -0.1) is 0 Å². The van der Waals surface area contributed by atoms with Gasteiger partial charge in [-0.25, -0.2) is 0 Å². The Hall–Kier alpha value is -3.35. The highest BCUT2D eigenvalue weighted by Gasteiger charge is 2.46. The first-order valence-corrected chi connectivity index (χ1v) is 10.3. The molecule has 1 saturated heterocycles. The molecule has 11 nitrogen and oxygen atoms in total. The van der Waals surface area contributed by atoms with Gasteiger partial charge in [-0.2, -0.15) is 0 Å². The number of aliphatic hydroxyl groups excluding tert-OH is 4. The Morgan fingerprint density at radius 3 is 2.26 bits per heavy atom. The van der Waals surface area contributed by atoms with Gasteiger partial charge in [0, 0.05) is 17.7 Å². The van der Waals surface area contributed by atoms with Crippen molar-refractivity contribution in [1.82, 2.24) is 0 Å². The first-order valence-electron chi connectivity index (χ1n) is 10.3. The lowest BCUT2D eigenvalue weighted by Crippen LogP contribution is -2.55. The van der Waals surface area contributed by atoms with Gasteiger partial charge in [-0.3, -0.25) is 4.79 Å². The van der Waals surface area contributed by atoms with E-state index in [0.717, 1.165) is 12.1 Å². The molecule has 2 aromatic carbocycles. The van der Waals surface area contributed by atoms with Crippen LogP contribution in [0.25, 0.3) is 22.3 Å². The molecule has 5 atom stereocenters. The van der Waals surface area contributed by atoms with Crippen molar-refractivity contribution >= 4 is 11.0 Å². The number of benzene rings is 2. The molecule has 34 heavy (non-hydrogen) atoms. The lowest BCUT2D eigenvalue weighted by atomic mass is 9.89. The molecular formula is C23H24O11. The highest BCUT2D eigenvalue weighted by Crippen LogP contribution is 2.44. The molecule has 0 spiro atoms. The van der Waals surface area contributed by atoms with Gasteiger partial charge >= 0.3 is 0 Å². The SMILES string of the molecule is COc1cc(-c2cc(=O)c3c(O)cc(OC)c(C4OC(CO)C(O)C(O)C4O)c3o2)ccc1O. The molecule has 0 aliphatic carbocycles. The molecule has 0 radical (unpaired) electrons. The first kappa shape index (κ1) is 23.8. The standard InChI is InChI=1S/C23H24O11/c1-31-14-5-9(3-4-10(14)25)13-6-11(26)17-12(27)7-15(32-2)18(22(17)33-13)23-21(30)20(29)19(28)16(8-24)34-23/h3-7,16,19-21,23-25,27-30H,8H2,1-2H3. The van der Waals surface area contributed by atoms with Gasteiger partial charge in [-0.1, -0.05) is 0 Å². The molecule has 2 heterocycles. The Morgan fingerprint density at radius 2 is 1.62 bits per heavy atom.